The number of benzene rings is 1. The van der Waals surface area contributed by atoms with Gasteiger partial charge in [-0.3, -0.25) is 9.78 Å². The molecule has 2 aromatic rings. The van der Waals surface area contributed by atoms with Crippen LogP contribution in [-0.4, -0.2) is 15.1 Å². The van der Waals surface area contributed by atoms with Gasteiger partial charge < -0.3 is 10.1 Å². The summed E-state index contributed by atoms with van der Waals surface area (Å²) in [6.45, 7) is 1.79. The van der Waals surface area contributed by atoms with Crippen molar-refractivity contribution < 1.29 is 5.11 Å². The number of rotatable bonds is 2. The van der Waals surface area contributed by atoms with Crippen LogP contribution in [0.15, 0.2) is 23.0 Å². The van der Waals surface area contributed by atoms with Gasteiger partial charge in [0, 0.05) is 5.56 Å². The molecule has 100 valence electrons. The van der Waals surface area contributed by atoms with Gasteiger partial charge in [-0.05, 0) is 36.9 Å². The number of hydrogen-bond acceptors (Lipinski definition) is 4. The summed E-state index contributed by atoms with van der Waals surface area (Å²) in [6.07, 6.45) is 3.15. The Morgan fingerprint density at radius 2 is 2.10 bits per heavy atom. The predicted molar refractivity (Wildman–Crippen MR) is 78.7 cm³/mol. The smallest absolute Gasteiger partial charge is 0.270 e. The van der Waals surface area contributed by atoms with Crippen LogP contribution in [0.2, 0.25) is 0 Å². The first-order chi connectivity index (χ1) is 9.52. The van der Waals surface area contributed by atoms with E-state index < -0.39 is 5.56 Å². The van der Waals surface area contributed by atoms with Crippen molar-refractivity contribution in [1.82, 2.24) is 9.97 Å². The van der Waals surface area contributed by atoms with E-state index in [4.69, 9.17) is 17.5 Å². The van der Waals surface area contributed by atoms with E-state index >= 15 is 0 Å². The molecule has 1 heterocycles. The van der Waals surface area contributed by atoms with Gasteiger partial charge >= 0.3 is 0 Å². The summed E-state index contributed by atoms with van der Waals surface area (Å²) in [6, 6.07) is 7.14. The number of phenolic OH excluding ortho intramolecular Hbond substituents is 1. The fourth-order valence-electron chi connectivity index (χ4n) is 1.73. The highest BCUT2D eigenvalue weighted by Crippen LogP contribution is 2.23. The monoisotopic (exact) mass is 285 g/mol. The number of aromatic amines is 2. The molecule has 5 nitrogen and oxygen atoms in total. The van der Waals surface area contributed by atoms with Crippen molar-refractivity contribution in [2.45, 2.75) is 6.92 Å². The molecule has 0 spiro atoms. The van der Waals surface area contributed by atoms with Gasteiger partial charge in [-0.15, -0.1) is 0 Å². The van der Waals surface area contributed by atoms with E-state index in [1.54, 1.807) is 31.2 Å². The van der Waals surface area contributed by atoms with Crippen molar-refractivity contribution in [3.05, 3.63) is 55.7 Å². The highest BCUT2D eigenvalue weighted by Gasteiger charge is 2.05. The summed E-state index contributed by atoms with van der Waals surface area (Å²) in [5.74, 6) is 0.158. The molecule has 2 rings (SSSR count). The van der Waals surface area contributed by atoms with Crippen LogP contribution in [0.4, 0.5) is 0 Å². The van der Waals surface area contributed by atoms with Crippen LogP contribution in [0.5, 0.6) is 5.75 Å². The molecule has 1 aromatic carbocycles. The maximum absolute atomic E-state index is 11.6. The summed E-state index contributed by atoms with van der Waals surface area (Å²) in [5.41, 5.74) is 1.05. The standard InChI is InChI=1S/C14H11N3O2S/c1-8-3-2-4-9(12(8)18)5-6-11-10(7-15)13(19)17-14(20)16-11/h2-6,18H,1H3,(H2,16,17,19,20)/b6-5+. The van der Waals surface area contributed by atoms with Crippen LogP contribution >= 0.6 is 12.2 Å². The third kappa shape index (κ3) is 2.68. The van der Waals surface area contributed by atoms with Gasteiger partial charge in [0.05, 0.1) is 5.69 Å². The van der Waals surface area contributed by atoms with Crippen molar-refractivity contribution in [3.63, 3.8) is 0 Å². The van der Waals surface area contributed by atoms with E-state index in [1.807, 2.05) is 6.07 Å². The summed E-state index contributed by atoms with van der Waals surface area (Å²) < 4.78 is 0.141. The zero-order valence-electron chi connectivity index (χ0n) is 10.6. The normalized spacial score (nSPS) is 10.6. The van der Waals surface area contributed by atoms with E-state index in [9.17, 15) is 9.90 Å². The fourth-order valence-corrected chi connectivity index (χ4v) is 1.93. The molecule has 20 heavy (non-hydrogen) atoms. The molecule has 1 aromatic heterocycles. The molecule has 0 amide bonds. The van der Waals surface area contributed by atoms with Crippen molar-refractivity contribution >= 4 is 24.4 Å². The van der Waals surface area contributed by atoms with Crippen molar-refractivity contribution in [2.75, 3.05) is 0 Å². The van der Waals surface area contributed by atoms with Crippen molar-refractivity contribution in [2.24, 2.45) is 0 Å². The molecular formula is C14H11N3O2S. The quantitative estimate of drug-likeness (QED) is 0.739. The Labute approximate surface area is 119 Å². The lowest BCUT2D eigenvalue weighted by Gasteiger charge is -2.02. The topological polar surface area (TPSA) is 92.7 Å². The van der Waals surface area contributed by atoms with Crippen LogP contribution in [0.25, 0.3) is 12.2 Å². The van der Waals surface area contributed by atoms with E-state index in [2.05, 4.69) is 9.97 Å². The van der Waals surface area contributed by atoms with Crippen molar-refractivity contribution in [1.29, 1.82) is 5.26 Å². The average molecular weight is 285 g/mol. The second kappa shape index (κ2) is 5.55. The van der Waals surface area contributed by atoms with Crippen LogP contribution in [0, 0.1) is 23.0 Å². The Morgan fingerprint density at radius 1 is 1.35 bits per heavy atom. The van der Waals surface area contributed by atoms with Crippen LogP contribution < -0.4 is 5.56 Å². The molecule has 0 saturated carbocycles. The maximum atomic E-state index is 11.6. The second-order valence-corrected chi connectivity index (χ2v) is 4.56. The van der Waals surface area contributed by atoms with Crippen LogP contribution in [0.3, 0.4) is 0 Å². The molecule has 0 radical (unpaired) electrons. The maximum Gasteiger partial charge on any atom is 0.270 e. The lowest BCUT2D eigenvalue weighted by atomic mass is 10.1. The summed E-state index contributed by atoms with van der Waals surface area (Å²) >= 11 is 4.87. The van der Waals surface area contributed by atoms with E-state index in [-0.39, 0.29) is 16.1 Å². The molecule has 0 fully saturated rings. The van der Waals surface area contributed by atoms with Gasteiger partial charge in [-0.1, -0.05) is 18.2 Å². The number of aryl methyl sites for hydroxylation is 1. The Morgan fingerprint density at radius 3 is 2.80 bits per heavy atom. The number of para-hydroxylation sites is 1. The fraction of sp³-hybridized carbons (Fsp3) is 0.0714. The lowest BCUT2D eigenvalue weighted by Crippen LogP contribution is -2.13. The van der Waals surface area contributed by atoms with Crippen LogP contribution in [-0.2, 0) is 0 Å². The minimum absolute atomic E-state index is 0.0537. The molecule has 3 N–H and O–H groups in total. The number of H-pyrrole nitrogens is 2. The van der Waals surface area contributed by atoms with Gasteiger partial charge in [-0.2, -0.15) is 5.26 Å². The second-order valence-electron chi connectivity index (χ2n) is 4.15. The number of nitrogens with one attached hydrogen (secondary N) is 2. The van der Waals surface area contributed by atoms with Gasteiger partial charge in [0.2, 0.25) is 0 Å². The first kappa shape index (κ1) is 13.8. The molecular weight excluding hydrogens is 274 g/mol. The highest BCUT2D eigenvalue weighted by atomic mass is 32.1. The number of aromatic hydroxyl groups is 1. The van der Waals surface area contributed by atoms with Gasteiger partial charge in [0.1, 0.15) is 17.4 Å². The first-order valence-corrected chi connectivity index (χ1v) is 6.17. The molecule has 0 bridgehead atoms. The van der Waals surface area contributed by atoms with E-state index in [0.29, 0.717) is 11.3 Å². The van der Waals surface area contributed by atoms with E-state index in [0.717, 1.165) is 5.56 Å². The molecule has 0 aliphatic carbocycles. The molecule has 6 heteroatoms. The summed E-state index contributed by atoms with van der Waals surface area (Å²) in [4.78, 5) is 16.7. The Hall–Kier alpha value is -2.65. The van der Waals surface area contributed by atoms with Gasteiger partial charge in [0.25, 0.3) is 5.56 Å². The zero-order chi connectivity index (χ0) is 14.7. The Bertz CT molecular complexity index is 841. The van der Waals surface area contributed by atoms with Crippen LogP contribution in [0.1, 0.15) is 22.4 Å². The zero-order valence-corrected chi connectivity index (χ0v) is 11.4. The average Bonchev–Trinajstić information content (AvgIpc) is 2.40. The number of hydrogen-bond donors (Lipinski definition) is 3. The Balaban J connectivity index is 2.53. The number of nitrogens with zero attached hydrogens (tertiary/aromatic N) is 1. The SMILES string of the molecule is Cc1cccc(/C=C/c2[nH]c(=S)[nH]c(=O)c2C#N)c1O. The highest BCUT2D eigenvalue weighted by molar-refractivity contribution is 7.71. The predicted octanol–water partition coefficient (Wildman–Crippen LogP) is 2.49. The summed E-state index contributed by atoms with van der Waals surface area (Å²) in [5, 5.41) is 18.9. The third-order valence-electron chi connectivity index (χ3n) is 2.78. The third-order valence-corrected chi connectivity index (χ3v) is 2.99. The summed E-state index contributed by atoms with van der Waals surface area (Å²) in [7, 11) is 0. The Kier molecular flexibility index (Phi) is 3.82. The molecule has 0 saturated heterocycles. The number of nitriles is 1. The lowest BCUT2D eigenvalue weighted by molar-refractivity contribution is 0.470. The molecule has 0 aliphatic rings. The molecule has 0 aliphatic heterocycles. The largest absolute Gasteiger partial charge is 0.507 e. The minimum atomic E-state index is -0.538. The first-order valence-electron chi connectivity index (χ1n) is 5.76. The molecule has 0 unspecified atom stereocenters. The van der Waals surface area contributed by atoms with E-state index in [1.165, 1.54) is 6.08 Å². The number of phenols is 1. The van der Waals surface area contributed by atoms with Gasteiger partial charge in [0.15, 0.2) is 4.77 Å². The molecule has 0 atom stereocenters. The van der Waals surface area contributed by atoms with Crippen molar-refractivity contribution in [3.8, 4) is 11.8 Å². The minimum Gasteiger partial charge on any atom is -0.507 e. The number of aromatic nitrogens is 2. The van der Waals surface area contributed by atoms with Gasteiger partial charge in [-0.25, -0.2) is 0 Å².